The Balaban J connectivity index is 1.79. The molecule has 10 heteroatoms. The van der Waals surface area contributed by atoms with E-state index in [0.29, 0.717) is 53.1 Å². The first-order valence-corrected chi connectivity index (χ1v) is 11.5. The summed E-state index contributed by atoms with van der Waals surface area (Å²) in [5.41, 5.74) is 0.797. The smallest absolute Gasteiger partial charge is 0.303 e. The molecule has 174 valence electrons. The van der Waals surface area contributed by atoms with E-state index >= 15 is 0 Å². The van der Waals surface area contributed by atoms with Crippen molar-refractivity contribution in [1.29, 1.82) is 0 Å². The van der Waals surface area contributed by atoms with Gasteiger partial charge in [-0.2, -0.15) is 0 Å². The van der Waals surface area contributed by atoms with Gasteiger partial charge in [-0.05, 0) is 43.0 Å². The molecule has 1 aromatic rings. The monoisotopic (exact) mass is 480 g/mol. The first-order valence-electron chi connectivity index (χ1n) is 10.3. The van der Waals surface area contributed by atoms with Crippen LogP contribution >= 0.6 is 24.0 Å². The largest absolute Gasteiger partial charge is 0.493 e. The lowest BCUT2D eigenvalue weighted by molar-refractivity contribution is -0.137. The number of aliphatic carboxylic acids is 1. The zero-order valence-electron chi connectivity index (χ0n) is 18.2. The van der Waals surface area contributed by atoms with Gasteiger partial charge in [0, 0.05) is 25.9 Å². The number of thioether (sulfide) groups is 1. The van der Waals surface area contributed by atoms with Gasteiger partial charge in [-0.3, -0.25) is 19.3 Å². The van der Waals surface area contributed by atoms with Crippen molar-refractivity contribution in [3.8, 4) is 11.5 Å². The molecular weight excluding hydrogens is 452 g/mol. The number of carbonyl (C=O) groups excluding carboxylic acids is 2. The minimum atomic E-state index is -0.802. The van der Waals surface area contributed by atoms with Gasteiger partial charge < -0.3 is 19.9 Å². The van der Waals surface area contributed by atoms with Crippen molar-refractivity contribution in [2.24, 2.45) is 0 Å². The molecule has 2 amide bonds. The average molecular weight is 481 g/mol. The Bertz CT molecular complexity index is 887. The number of unbranched alkanes of at least 4 members (excludes halogenated alkanes) is 2. The van der Waals surface area contributed by atoms with Gasteiger partial charge in [-0.25, -0.2) is 0 Å². The lowest BCUT2D eigenvalue weighted by Crippen LogP contribution is -2.30. The van der Waals surface area contributed by atoms with Crippen molar-refractivity contribution < 1.29 is 29.0 Å². The number of carbonyl (C=O) groups is 3. The summed E-state index contributed by atoms with van der Waals surface area (Å²) in [6, 6.07) is 5.40. The van der Waals surface area contributed by atoms with E-state index in [2.05, 4.69) is 5.32 Å². The molecule has 32 heavy (non-hydrogen) atoms. The fourth-order valence-corrected chi connectivity index (χ4v) is 4.39. The normalized spacial score (nSPS) is 14.7. The van der Waals surface area contributed by atoms with E-state index in [-0.39, 0.29) is 18.2 Å². The van der Waals surface area contributed by atoms with Crippen molar-refractivity contribution in [3.05, 3.63) is 28.7 Å². The summed E-state index contributed by atoms with van der Waals surface area (Å²) in [4.78, 5) is 37.2. The Morgan fingerprint density at radius 3 is 2.56 bits per heavy atom. The molecule has 0 bridgehead atoms. The van der Waals surface area contributed by atoms with E-state index in [4.69, 9.17) is 26.8 Å². The molecule has 8 nitrogen and oxygen atoms in total. The molecule has 0 spiro atoms. The molecule has 1 heterocycles. The molecule has 1 aliphatic heterocycles. The van der Waals surface area contributed by atoms with Crippen molar-refractivity contribution >= 4 is 52.2 Å². The number of methoxy groups -OCH3 is 2. The second-order valence-corrected chi connectivity index (χ2v) is 8.78. The summed E-state index contributed by atoms with van der Waals surface area (Å²) in [6.45, 7) is 0.896. The zero-order chi connectivity index (χ0) is 23.5. The Morgan fingerprint density at radius 2 is 1.88 bits per heavy atom. The average Bonchev–Trinajstić information content (AvgIpc) is 3.03. The molecule has 1 saturated heterocycles. The van der Waals surface area contributed by atoms with E-state index in [0.717, 1.165) is 18.4 Å². The molecule has 0 aromatic heterocycles. The van der Waals surface area contributed by atoms with Crippen LogP contribution in [0.25, 0.3) is 6.08 Å². The van der Waals surface area contributed by atoms with Gasteiger partial charge in [-0.1, -0.05) is 36.5 Å². The van der Waals surface area contributed by atoms with E-state index < -0.39 is 5.97 Å². The lowest BCUT2D eigenvalue weighted by atomic mass is 10.2. The molecule has 1 aromatic carbocycles. The predicted molar refractivity (Wildman–Crippen MR) is 128 cm³/mol. The molecule has 0 radical (unpaired) electrons. The number of hydrogen-bond acceptors (Lipinski definition) is 7. The lowest BCUT2D eigenvalue weighted by Gasteiger charge is -2.14. The van der Waals surface area contributed by atoms with Crippen molar-refractivity contribution in [2.45, 2.75) is 38.5 Å². The number of hydrogen-bond donors (Lipinski definition) is 2. The highest BCUT2D eigenvalue weighted by Gasteiger charge is 2.31. The standard InChI is InChI=1S/C22H28N2O6S2/c1-29-16-10-9-15(13-17(16)30-2)14-18-21(28)24(22(31)32-18)12-6-7-19(25)23-11-5-3-4-8-20(26)27/h9-10,13-14H,3-8,11-12H2,1-2H3,(H,23,25)(H,26,27)/b18-14-. The summed E-state index contributed by atoms with van der Waals surface area (Å²) in [5, 5.41) is 11.4. The Labute approximate surface area is 197 Å². The molecule has 2 rings (SSSR count). The molecule has 0 unspecified atom stereocenters. The third-order valence-electron chi connectivity index (χ3n) is 4.75. The minimum absolute atomic E-state index is 0.0884. The fraction of sp³-hybridized carbons (Fsp3) is 0.455. The fourth-order valence-electron chi connectivity index (χ4n) is 3.08. The number of rotatable bonds is 13. The van der Waals surface area contributed by atoms with Crippen LogP contribution in [-0.4, -0.2) is 59.4 Å². The van der Waals surface area contributed by atoms with Crippen LogP contribution in [0.2, 0.25) is 0 Å². The first kappa shape index (κ1) is 25.7. The molecule has 2 N–H and O–H groups in total. The quantitative estimate of drug-likeness (QED) is 0.251. The van der Waals surface area contributed by atoms with Gasteiger partial charge in [0.25, 0.3) is 5.91 Å². The van der Waals surface area contributed by atoms with Gasteiger partial charge in [-0.15, -0.1) is 0 Å². The van der Waals surface area contributed by atoms with Gasteiger partial charge in [0.2, 0.25) is 5.91 Å². The Morgan fingerprint density at radius 1 is 1.12 bits per heavy atom. The topological polar surface area (TPSA) is 105 Å². The molecule has 0 aliphatic carbocycles. The number of thiocarbonyl (C=S) groups is 1. The maximum Gasteiger partial charge on any atom is 0.303 e. The zero-order valence-corrected chi connectivity index (χ0v) is 19.9. The maximum absolute atomic E-state index is 12.7. The van der Waals surface area contributed by atoms with Crippen molar-refractivity contribution in [2.75, 3.05) is 27.3 Å². The second kappa shape index (κ2) is 13.1. The Kier molecular flexibility index (Phi) is 10.5. The van der Waals surface area contributed by atoms with E-state index in [9.17, 15) is 14.4 Å². The van der Waals surface area contributed by atoms with Crippen LogP contribution in [0.15, 0.2) is 23.1 Å². The van der Waals surface area contributed by atoms with E-state index in [1.54, 1.807) is 32.4 Å². The van der Waals surface area contributed by atoms with Crippen molar-refractivity contribution in [3.63, 3.8) is 0 Å². The van der Waals surface area contributed by atoms with Gasteiger partial charge in [0.05, 0.1) is 19.1 Å². The van der Waals surface area contributed by atoms with Crippen LogP contribution in [0, 0.1) is 0 Å². The Hall–Kier alpha value is -2.59. The highest BCUT2D eigenvalue weighted by Crippen LogP contribution is 2.34. The number of ether oxygens (including phenoxy) is 2. The number of benzene rings is 1. The molecule has 1 aliphatic rings. The third kappa shape index (κ3) is 7.83. The van der Waals surface area contributed by atoms with Crippen LogP contribution in [0.1, 0.15) is 44.1 Å². The molecule has 1 fully saturated rings. The highest BCUT2D eigenvalue weighted by atomic mass is 32.2. The summed E-state index contributed by atoms with van der Waals surface area (Å²) in [6.07, 6.45) is 4.82. The highest BCUT2D eigenvalue weighted by molar-refractivity contribution is 8.26. The van der Waals surface area contributed by atoms with Gasteiger partial charge >= 0.3 is 5.97 Å². The number of nitrogens with one attached hydrogen (secondary N) is 1. The molecular formula is C22H28N2O6S2. The number of nitrogens with zero attached hydrogens (tertiary/aromatic N) is 1. The second-order valence-electron chi connectivity index (χ2n) is 7.11. The van der Waals surface area contributed by atoms with Gasteiger partial charge in [0.15, 0.2) is 11.5 Å². The van der Waals surface area contributed by atoms with E-state index in [1.807, 2.05) is 6.07 Å². The predicted octanol–water partition coefficient (Wildman–Crippen LogP) is 3.45. The minimum Gasteiger partial charge on any atom is -0.493 e. The van der Waals surface area contributed by atoms with Crippen molar-refractivity contribution in [1.82, 2.24) is 10.2 Å². The third-order valence-corrected chi connectivity index (χ3v) is 6.13. The summed E-state index contributed by atoms with van der Waals surface area (Å²) < 4.78 is 11.0. The first-order chi connectivity index (χ1) is 15.3. The maximum atomic E-state index is 12.7. The number of amides is 2. The molecule has 0 saturated carbocycles. The van der Waals surface area contributed by atoms with Crippen LogP contribution in [0.3, 0.4) is 0 Å². The van der Waals surface area contributed by atoms with E-state index in [1.165, 1.54) is 16.7 Å². The van der Waals surface area contributed by atoms with Gasteiger partial charge in [0.1, 0.15) is 4.32 Å². The summed E-state index contributed by atoms with van der Waals surface area (Å²) in [5.74, 6) is 0.117. The number of carboxylic acids is 1. The number of carboxylic acid groups (broad SMARTS) is 1. The van der Waals surface area contributed by atoms with Crippen LogP contribution < -0.4 is 14.8 Å². The summed E-state index contributed by atoms with van der Waals surface area (Å²) in [7, 11) is 3.11. The molecule has 0 atom stereocenters. The summed E-state index contributed by atoms with van der Waals surface area (Å²) >= 11 is 6.58. The SMILES string of the molecule is COc1ccc(/C=C2\SC(=S)N(CCCC(=O)NCCCCCC(=O)O)C2=O)cc1OC. The van der Waals surface area contributed by atoms with Crippen LogP contribution in [-0.2, 0) is 14.4 Å². The van der Waals surface area contributed by atoms with Crippen LogP contribution in [0.5, 0.6) is 11.5 Å². The van der Waals surface area contributed by atoms with Crippen LogP contribution in [0.4, 0.5) is 0 Å².